The maximum atomic E-state index is 12.6. The Labute approximate surface area is 200 Å². The number of fused-ring (bicyclic) bond motifs is 3. The lowest BCUT2D eigenvalue weighted by atomic mass is 9.98. The van der Waals surface area contributed by atoms with Crippen LogP contribution in [0, 0.1) is 5.92 Å². The van der Waals surface area contributed by atoms with Crippen molar-refractivity contribution in [1.82, 2.24) is 10.6 Å². The highest BCUT2D eigenvalue weighted by Gasteiger charge is 2.29. The number of carbonyl (C=O) groups excluding carboxylic acids is 2. The number of nitrogens with one attached hydrogen (secondary N) is 2. The number of alkyl carbamates (subject to hydrolysis) is 1. The van der Waals surface area contributed by atoms with E-state index in [-0.39, 0.29) is 37.2 Å². The highest BCUT2D eigenvalue weighted by molar-refractivity contribution is 5.80. The molecule has 0 saturated heterocycles. The van der Waals surface area contributed by atoms with E-state index < -0.39 is 24.1 Å². The Morgan fingerprint density at radius 1 is 0.941 bits per heavy atom. The van der Waals surface area contributed by atoms with Crippen LogP contribution in [0.4, 0.5) is 4.79 Å². The molecule has 0 heterocycles. The van der Waals surface area contributed by atoms with E-state index in [4.69, 9.17) is 9.84 Å². The van der Waals surface area contributed by atoms with Crippen LogP contribution in [0.2, 0.25) is 0 Å². The summed E-state index contributed by atoms with van der Waals surface area (Å²) in [5.41, 5.74) is 4.59. The first-order valence-corrected chi connectivity index (χ1v) is 11.9. The van der Waals surface area contributed by atoms with E-state index in [1.54, 1.807) is 0 Å². The molecule has 1 unspecified atom stereocenters. The fraction of sp³-hybridized carbons (Fsp3) is 0.444. The highest BCUT2D eigenvalue weighted by atomic mass is 16.5. The summed E-state index contributed by atoms with van der Waals surface area (Å²) in [5.74, 6) is -1.27. The zero-order valence-electron chi connectivity index (χ0n) is 20.0. The van der Waals surface area contributed by atoms with Crippen LogP contribution in [-0.2, 0) is 14.3 Å². The SMILES string of the molecule is CCCC(CC(=O)O)NC(=O)C[C@H](NC(=O)OCC1c2ccccc2-c2ccccc21)C(C)C. The molecule has 0 radical (unpaired) electrons. The second-order valence-electron chi connectivity index (χ2n) is 9.18. The minimum atomic E-state index is -0.948. The summed E-state index contributed by atoms with van der Waals surface area (Å²) in [4.78, 5) is 36.3. The summed E-state index contributed by atoms with van der Waals surface area (Å²) in [5, 5.41) is 14.7. The first-order valence-electron chi connectivity index (χ1n) is 11.9. The van der Waals surface area contributed by atoms with Crippen molar-refractivity contribution < 1.29 is 24.2 Å². The van der Waals surface area contributed by atoms with Crippen LogP contribution < -0.4 is 10.6 Å². The summed E-state index contributed by atoms with van der Waals surface area (Å²) < 4.78 is 5.61. The minimum absolute atomic E-state index is 0.00432. The molecule has 182 valence electrons. The van der Waals surface area contributed by atoms with Crippen molar-refractivity contribution in [3.8, 4) is 11.1 Å². The third kappa shape index (κ3) is 6.37. The molecule has 0 aliphatic heterocycles. The molecule has 2 aromatic carbocycles. The van der Waals surface area contributed by atoms with Crippen LogP contribution in [0.3, 0.4) is 0 Å². The molecule has 0 saturated carbocycles. The van der Waals surface area contributed by atoms with E-state index in [0.717, 1.165) is 28.7 Å². The lowest BCUT2D eigenvalue weighted by molar-refractivity contribution is -0.137. The summed E-state index contributed by atoms with van der Waals surface area (Å²) >= 11 is 0. The van der Waals surface area contributed by atoms with E-state index in [1.807, 2.05) is 45.0 Å². The van der Waals surface area contributed by atoms with Crippen LogP contribution in [-0.4, -0.2) is 41.8 Å². The Balaban J connectivity index is 1.58. The highest BCUT2D eigenvalue weighted by Crippen LogP contribution is 2.44. The van der Waals surface area contributed by atoms with Crippen molar-refractivity contribution >= 4 is 18.0 Å². The summed E-state index contributed by atoms with van der Waals surface area (Å²) in [6.07, 6.45) is 0.727. The van der Waals surface area contributed by atoms with Crippen molar-refractivity contribution in [2.24, 2.45) is 5.92 Å². The molecule has 3 rings (SSSR count). The Bertz CT molecular complexity index is 974. The second-order valence-corrected chi connectivity index (χ2v) is 9.18. The van der Waals surface area contributed by atoms with Crippen molar-refractivity contribution in [3.05, 3.63) is 59.7 Å². The maximum absolute atomic E-state index is 12.6. The summed E-state index contributed by atoms with van der Waals surface area (Å²) in [7, 11) is 0. The van der Waals surface area contributed by atoms with Crippen LogP contribution in [0.5, 0.6) is 0 Å². The number of amides is 2. The lowest BCUT2D eigenvalue weighted by Crippen LogP contribution is -2.45. The van der Waals surface area contributed by atoms with Gasteiger partial charge in [0.25, 0.3) is 0 Å². The molecule has 2 aromatic rings. The van der Waals surface area contributed by atoms with E-state index in [1.165, 1.54) is 0 Å². The lowest BCUT2D eigenvalue weighted by Gasteiger charge is -2.24. The van der Waals surface area contributed by atoms with Crippen LogP contribution in [0.15, 0.2) is 48.5 Å². The standard InChI is InChI=1S/C27H34N2O5/c1-4-9-18(14-26(31)32)28-25(30)15-24(17(2)3)29-27(33)34-16-23-21-12-7-5-10-19(21)20-11-6-8-13-22(20)23/h5-8,10-13,17-18,23-24H,4,9,14-16H2,1-3H3,(H,28,30)(H,29,33)(H,31,32)/t18?,24-/m0/s1. The molecule has 1 aliphatic carbocycles. The largest absolute Gasteiger partial charge is 0.481 e. The molecular formula is C27H34N2O5. The van der Waals surface area contributed by atoms with E-state index >= 15 is 0 Å². The molecule has 0 spiro atoms. The number of rotatable bonds is 11. The molecule has 34 heavy (non-hydrogen) atoms. The second kappa shape index (κ2) is 11.7. The van der Waals surface area contributed by atoms with Gasteiger partial charge in [0, 0.05) is 24.4 Å². The van der Waals surface area contributed by atoms with E-state index in [0.29, 0.717) is 6.42 Å². The number of aliphatic carboxylic acids is 1. The number of carbonyl (C=O) groups is 3. The van der Waals surface area contributed by atoms with Crippen molar-refractivity contribution in [3.63, 3.8) is 0 Å². The van der Waals surface area contributed by atoms with Gasteiger partial charge in [0.05, 0.1) is 6.42 Å². The number of hydrogen-bond acceptors (Lipinski definition) is 4. The van der Waals surface area contributed by atoms with Crippen molar-refractivity contribution in [2.45, 2.75) is 64.5 Å². The first-order chi connectivity index (χ1) is 16.3. The number of ether oxygens (including phenoxy) is 1. The van der Waals surface area contributed by atoms with Gasteiger partial charge >= 0.3 is 12.1 Å². The fourth-order valence-corrected chi connectivity index (χ4v) is 4.52. The predicted octanol–water partition coefficient (Wildman–Crippen LogP) is 4.70. The van der Waals surface area contributed by atoms with Gasteiger partial charge < -0.3 is 20.5 Å². The molecule has 3 N–H and O–H groups in total. The zero-order chi connectivity index (χ0) is 24.7. The smallest absolute Gasteiger partial charge is 0.407 e. The van der Waals surface area contributed by atoms with Gasteiger partial charge in [0.1, 0.15) is 6.61 Å². The van der Waals surface area contributed by atoms with Gasteiger partial charge in [-0.2, -0.15) is 0 Å². The Hall–Kier alpha value is -3.35. The van der Waals surface area contributed by atoms with E-state index in [2.05, 4.69) is 34.9 Å². The molecule has 0 bridgehead atoms. The molecule has 2 atom stereocenters. The van der Waals surface area contributed by atoms with Crippen LogP contribution in [0.1, 0.15) is 63.5 Å². The third-order valence-electron chi connectivity index (χ3n) is 6.28. The van der Waals surface area contributed by atoms with Gasteiger partial charge in [-0.1, -0.05) is 75.7 Å². The minimum Gasteiger partial charge on any atom is -0.481 e. The maximum Gasteiger partial charge on any atom is 0.407 e. The summed E-state index contributed by atoms with van der Waals surface area (Å²) in [6.45, 7) is 5.98. The molecule has 2 amide bonds. The Kier molecular flexibility index (Phi) is 8.68. The van der Waals surface area contributed by atoms with Gasteiger partial charge in [-0.15, -0.1) is 0 Å². The van der Waals surface area contributed by atoms with Gasteiger partial charge in [-0.25, -0.2) is 4.79 Å². The Morgan fingerprint density at radius 3 is 2.06 bits per heavy atom. The number of benzene rings is 2. The topological polar surface area (TPSA) is 105 Å². The molecular weight excluding hydrogens is 432 g/mol. The molecule has 7 heteroatoms. The quantitative estimate of drug-likeness (QED) is 0.445. The number of carboxylic acids is 1. The monoisotopic (exact) mass is 466 g/mol. The normalized spacial score (nSPS) is 14.1. The summed E-state index contributed by atoms with van der Waals surface area (Å²) in [6, 6.07) is 15.4. The van der Waals surface area contributed by atoms with Crippen LogP contribution >= 0.6 is 0 Å². The van der Waals surface area contributed by atoms with Gasteiger partial charge in [-0.05, 0) is 34.6 Å². The zero-order valence-corrected chi connectivity index (χ0v) is 20.0. The third-order valence-corrected chi connectivity index (χ3v) is 6.28. The van der Waals surface area contributed by atoms with Crippen molar-refractivity contribution in [1.29, 1.82) is 0 Å². The Morgan fingerprint density at radius 2 is 1.53 bits per heavy atom. The number of carboxylic acid groups (broad SMARTS) is 1. The average Bonchev–Trinajstić information content (AvgIpc) is 3.10. The first kappa shape index (κ1) is 25.3. The van der Waals surface area contributed by atoms with E-state index in [9.17, 15) is 14.4 Å². The molecule has 7 nitrogen and oxygen atoms in total. The fourth-order valence-electron chi connectivity index (χ4n) is 4.52. The number of hydrogen-bond donors (Lipinski definition) is 3. The molecule has 0 aromatic heterocycles. The van der Waals surface area contributed by atoms with Gasteiger partial charge in [0.15, 0.2) is 0 Å². The molecule has 1 aliphatic rings. The van der Waals surface area contributed by atoms with Crippen molar-refractivity contribution in [2.75, 3.05) is 6.61 Å². The average molecular weight is 467 g/mol. The molecule has 0 fully saturated rings. The van der Waals surface area contributed by atoms with Gasteiger partial charge in [0.2, 0.25) is 5.91 Å². The van der Waals surface area contributed by atoms with Gasteiger partial charge in [-0.3, -0.25) is 9.59 Å². The van der Waals surface area contributed by atoms with Crippen LogP contribution in [0.25, 0.3) is 11.1 Å². The predicted molar refractivity (Wildman–Crippen MR) is 131 cm³/mol.